The summed E-state index contributed by atoms with van der Waals surface area (Å²) in [6, 6.07) is 10.5. The molecule has 7 nitrogen and oxygen atoms in total. The number of thioether (sulfide) groups is 1. The van der Waals surface area contributed by atoms with Gasteiger partial charge in [0, 0.05) is 23.9 Å². The van der Waals surface area contributed by atoms with E-state index in [4.69, 9.17) is 4.74 Å². The summed E-state index contributed by atoms with van der Waals surface area (Å²) >= 11 is -0.195. The van der Waals surface area contributed by atoms with Gasteiger partial charge in [0.05, 0.1) is 29.8 Å². The molecule has 2 atom stereocenters. The van der Waals surface area contributed by atoms with Crippen LogP contribution >= 0.6 is 18.9 Å². The molecule has 39 heavy (non-hydrogen) atoms. The van der Waals surface area contributed by atoms with E-state index in [2.05, 4.69) is 39.5 Å². The number of alkyl halides is 3. The number of nitrogens with one attached hydrogen (secondary N) is 2. The number of hydrogen-bond acceptors (Lipinski definition) is 7. The quantitative estimate of drug-likeness (QED) is 0.228. The second kappa shape index (κ2) is 10.3. The zero-order chi connectivity index (χ0) is 28.0. The van der Waals surface area contributed by atoms with Gasteiger partial charge < -0.3 is 24.8 Å². The third-order valence-electron chi connectivity index (χ3n) is 7.29. The number of aromatic nitrogens is 2. The molecule has 208 valence electrons. The van der Waals surface area contributed by atoms with Crippen molar-refractivity contribution in [1.82, 2.24) is 14.5 Å². The molecule has 1 aromatic carbocycles. The first-order valence-electron chi connectivity index (χ1n) is 12.6. The lowest BCUT2D eigenvalue weighted by molar-refractivity contribution is -0.0327. The molecule has 0 radical (unpaired) electrons. The van der Waals surface area contributed by atoms with Crippen molar-refractivity contribution < 1.29 is 22.5 Å². The monoisotopic (exact) mass is 577 g/mol. The molecular weight excluding hydrogens is 546 g/mol. The molecule has 2 aliphatic rings. The second-order valence-corrected chi connectivity index (χ2v) is 14.8. The van der Waals surface area contributed by atoms with Gasteiger partial charge in [-0.1, -0.05) is 12.0 Å². The summed E-state index contributed by atoms with van der Waals surface area (Å²) in [4.78, 5) is 2.29. The largest absolute Gasteiger partial charge is 0.495 e. The number of anilines is 2. The second-order valence-electron chi connectivity index (χ2n) is 10.5. The van der Waals surface area contributed by atoms with Gasteiger partial charge in [0.2, 0.25) is 0 Å². The molecule has 12 heteroatoms. The minimum atomic E-state index is -4.48. The first-order valence-corrected chi connectivity index (χ1v) is 16.0. The van der Waals surface area contributed by atoms with Gasteiger partial charge in [-0.3, -0.25) is 0 Å². The van der Waals surface area contributed by atoms with Gasteiger partial charge in [-0.25, -0.2) is 4.52 Å². The maximum absolute atomic E-state index is 13.5. The van der Waals surface area contributed by atoms with Crippen LogP contribution in [-0.2, 0) is 4.57 Å². The SMILES string of the molecule is COc1cc(P(C)(C)=O)ccc1NCC#Cc1nn2c(NC34CCN(C)CC3C4)cccc2c1SC(F)(F)F. The van der Waals surface area contributed by atoms with E-state index in [1.54, 1.807) is 48.2 Å². The summed E-state index contributed by atoms with van der Waals surface area (Å²) in [5, 5.41) is 11.9. The van der Waals surface area contributed by atoms with Gasteiger partial charge >= 0.3 is 5.51 Å². The summed E-state index contributed by atoms with van der Waals surface area (Å²) in [6.45, 7) is 5.50. The Bertz CT molecular complexity index is 1510. The van der Waals surface area contributed by atoms with Crippen molar-refractivity contribution in [3.63, 3.8) is 0 Å². The third-order valence-corrected chi connectivity index (χ3v) is 9.65. The van der Waals surface area contributed by atoms with Crippen molar-refractivity contribution in [1.29, 1.82) is 0 Å². The molecule has 0 amide bonds. The third kappa shape index (κ3) is 6.03. The molecule has 2 aromatic heterocycles. The highest BCUT2D eigenvalue weighted by Crippen LogP contribution is 2.51. The van der Waals surface area contributed by atoms with Crippen molar-refractivity contribution in [3.05, 3.63) is 42.1 Å². The number of pyridine rings is 1. The van der Waals surface area contributed by atoms with Gasteiger partial charge in [0.15, 0.2) is 0 Å². The fourth-order valence-electron chi connectivity index (χ4n) is 5.12. The van der Waals surface area contributed by atoms with E-state index < -0.39 is 12.7 Å². The number of fused-ring (bicyclic) bond motifs is 2. The number of rotatable bonds is 7. The number of methoxy groups -OCH3 is 1. The number of likely N-dealkylation sites (tertiary alicyclic amines) is 1. The lowest BCUT2D eigenvalue weighted by Gasteiger charge is -2.30. The average Bonchev–Trinajstić information content (AvgIpc) is 3.45. The van der Waals surface area contributed by atoms with E-state index in [-0.39, 0.29) is 34.4 Å². The summed E-state index contributed by atoms with van der Waals surface area (Å²) < 4.78 is 59.9. The van der Waals surface area contributed by atoms with Crippen molar-refractivity contribution in [3.8, 4) is 17.6 Å². The molecule has 1 saturated carbocycles. The number of piperidine rings is 1. The first-order chi connectivity index (χ1) is 18.4. The summed E-state index contributed by atoms with van der Waals surface area (Å²) in [6.07, 6.45) is 2.02. The smallest absolute Gasteiger partial charge is 0.446 e. The van der Waals surface area contributed by atoms with Crippen LogP contribution in [0.2, 0.25) is 0 Å². The molecule has 3 heterocycles. The topological polar surface area (TPSA) is 70.9 Å². The van der Waals surface area contributed by atoms with Crippen LogP contribution in [0, 0.1) is 17.8 Å². The van der Waals surface area contributed by atoms with Crippen LogP contribution in [-0.4, -0.2) is 72.7 Å². The molecule has 2 N–H and O–H groups in total. The molecule has 5 rings (SSSR count). The first kappa shape index (κ1) is 27.8. The van der Waals surface area contributed by atoms with Gasteiger partial charge in [-0.2, -0.15) is 18.3 Å². The Hall–Kier alpha value is -2.80. The molecule has 3 aromatic rings. The number of ether oxygens (including phenoxy) is 1. The zero-order valence-corrected chi connectivity index (χ0v) is 23.9. The van der Waals surface area contributed by atoms with E-state index >= 15 is 0 Å². The maximum atomic E-state index is 13.5. The highest BCUT2D eigenvalue weighted by molar-refractivity contribution is 8.00. The predicted molar refractivity (Wildman–Crippen MR) is 151 cm³/mol. The van der Waals surface area contributed by atoms with Crippen LogP contribution in [0.4, 0.5) is 24.7 Å². The van der Waals surface area contributed by atoms with Crippen molar-refractivity contribution in [2.24, 2.45) is 5.92 Å². The average molecular weight is 578 g/mol. The number of hydrogen-bond donors (Lipinski definition) is 2. The Morgan fingerprint density at radius 3 is 2.77 bits per heavy atom. The Balaban J connectivity index is 1.40. The highest BCUT2D eigenvalue weighted by atomic mass is 32.2. The Kier molecular flexibility index (Phi) is 7.34. The molecule has 2 unspecified atom stereocenters. The highest BCUT2D eigenvalue weighted by Gasteiger charge is 2.56. The normalized spacial score (nSPS) is 21.2. The molecule has 0 bridgehead atoms. The van der Waals surface area contributed by atoms with Crippen LogP contribution in [0.3, 0.4) is 0 Å². The molecule has 1 aliphatic carbocycles. The van der Waals surface area contributed by atoms with Crippen molar-refractivity contribution in [2.75, 3.05) is 57.8 Å². The van der Waals surface area contributed by atoms with Crippen LogP contribution < -0.4 is 20.7 Å². The van der Waals surface area contributed by atoms with E-state index in [9.17, 15) is 17.7 Å². The molecule has 2 fully saturated rings. The number of halogens is 3. The maximum Gasteiger partial charge on any atom is 0.446 e. The Morgan fingerprint density at radius 1 is 1.28 bits per heavy atom. The minimum absolute atomic E-state index is 0.0181. The Labute approximate surface area is 230 Å². The van der Waals surface area contributed by atoms with Crippen LogP contribution in [0.25, 0.3) is 5.52 Å². The fraction of sp³-hybridized carbons (Fsp3) is 0.444. The van der Waals surface area contributed by atoms with E-state index in [0.29, 0.717) is 34.0 Å². The minimum Gasteiger partial charge on any atom is -0.495 e. The lowest BCUT2D eigenvalue weighted by atomic mass is 10.1. The summed E-state index contributed by atoms with van der Waals surface area (Å²) in [5.74, 6) is 7.44. The van der Waals surface area contributed by atoms with Gasteiger partial charge in [0.1, 0.15) is 24.4 Å². The van der Waals surface area contributed by atoms with Crippen LogP contribution in [0.15, 0.2) is 41.3 Å². The fourth-order valence-corrected chi connectivity index (χ4v) is 6.66. The lowest BCUT2D eigenvalue weighted by Crippen LogP contribution is -2.39. The van der Waals surface area contributed by atoms with Gasteiger partial charge in [-0.15, -0.1) is 0 Å². The Morgan fingerprint density at radius 2 is 2.08 bits per heavy atom. The molecular formula is C27H31F3N5O2PS. The number of benzene rings is 1. The van der Waals surface area contributed by atoms with E-state index in [1.165, 1.54) is 7.11 Å². The molecule has 1 aliphatic heterocycles. The standard InChI is InChI=1S/C27H31F3N5O2PS/c1-34-14-12-26(16-18(26)17-34)32-24-9-5-8-22-25(39-27(28,29)30)21(33-35(22)24)7-6-13-31-20-11-10-19(38(3,4)36)15-23(20)37-2/h5,8-11,15,18,31-32H,12-14,16-17H2,1-4H3. The van der Waals surface area contributed by atoms with Crippen LogP contribution in [0.1, 0.15) is 18.5 Å². The van der Waals surface area contributed by atoms with Gasteiger partial charge in [0.25, 0.3) is 0 Å². The summed E-state index contributed by atoms with van der Waals surface area (Å²) in [7, 11) is 1.17. The predicted octanol–water partition coefficient (Wildman–Crippen LogP) is 5.17. The zero-order valence-electron chi connectivity index (χ0n) is 22.2. The van der Waals surface area contributed by atoms with Crippen LogP contribution in [0.5, 0.6) is 5.75 Å². The molecule has 1 saturated heterocycles. The van der Waals surface area contributed by atoms with Crippen molar-refractivity contribution >= 4 is 41.2 Å². The number of nitrogens with zero attached hydrogens (tertiary/aromatic N) is 3. The van der Waals surface area contributed by atoms with E-state index in [0.717, 1.165) is 25.9 Å². The summed E-state index contributed by atoms with van der Waals surface area (Å²) in [5.41, 5.74) is -3.43. The molecule has 0 spiro atoms. The van der Waals surface area contributed by atoms with Crippen molar-refractivity contribution in [2.45, 2.75) is 28.8 Å². The van der Waals surface area contributed by atoms with Gasteiger partial charge in [-0.05, 0) is 87.2 Å². The van der Waals surface area contributed by atoms with E-state index in [1.807, 2.05) is 6.07 Å².